The van der Waals surface area contributed by atoms with Gasteiger partial charge in [0.2, 0.25) is 0 Å². The Labute approximate surface area is 117 Å². The molecule has 2 amide bonds. The highest BCUT2D eigenvalue weighted by Gasteiger charge is 2.18. The van der Waals surface area contributed by atoms with Crippen molar-refractivity contribution in [2.45, 2.75) is 13.8 Å². The smallest absolute Gasteiger partial charge is 0.324 e. The number of carboxylic acid groups (broad SMARTS) is 1. The first-order valence-electron chi connectivity index (χ1n) is 5.27. The third-order valence-corrected chi connectivity index (χ3v) is 3.28. The number of nitrogens with one attached hydrogen (secondary N) is 1. The van der Waals surface area contributed by atoms with E-state index in [1.54, 1.807) is 6.20 Å². The van der Waals surface area contributed by atoms with Crippen LogP contribution in [0.3, 0.4) is 0 Å². The number of aliphatic carboxylic acids is 1. The molecule has 0 unspecified atom stereocenters. The number of nitrogens with zero attached hydrogens (tertiary/aromatic N) is 2. The largest absolute Gasteiger partial charge is 0.480 e. The van der Waals surface area contributed by atoms with Gasteiger partial charge in [0.1, 0.15) is 6.54 Å². The maximum absolute atomic E-state index is 11.9. The number of rotatable bonds is 5. The molecule has 0 aliphatic heterocycles. The van der Waals surface area contributed by atoms with Gasteiger partial charge in [0.15, 0.2) is 5.13 Å². The van der Waals surface area contributed by atoms with Crippen LogP contribution in [0, 0.1) is 5.92 Å². The first-order valence-corrected chi connectivity index (χ1v) is 6.88. The Morgan fingerprint density at radius 3 is 2.72 bits per heavy atom. The number of hydrogen-bond donors (Lipinski definition) is 2. The summed E-state index contributed by atoms with van der Waals surface area (Å²) >= 11 is 4.51. The van der Waals surface area contributed by atoms with Crippen LogP contribution in [0.2, 0.25) is 0 Å². The lowest BCUT2D eigenvalue weighted by atomic mass is 10.2. The monoisotopic (exact) mass is 335 g/mol. The second-order valence-corrected chi connectivity index (χ2v) is 6.48. The van der Waals surface area contributed by atoms with E-state index in [9.17, 15) is 9.59 Å². The zero-order valence-electron chi connectivity index (χ0n) is 10.0. The molecule has 0 aliphatic carbocycles. The van der Waals surface area contributed by atoms with Crippen LogP contribution in [0.15, 0.2) is 9.98 Å². The lowest BCUT2D eigenvalue weighted by Gasteiger charge is -2.22. The maximum Gasteiger partial charge on any atom is 0.324 e. The summed E-state index contributed by atoms with van der Waals surface area (Å²) < 4.78 is 0.798. The van der Waals surface area contributed by atoms with E-state index in [1.165, 1.54) is 16.2 Å². The second-order valence-electron chi connectivity index (χ2n) is 4.07. The Hall–Kier alpha value is -1.15. The van der Waals surface area contributed by atoms with Gasteiger partial charge in [-0.05, 0) is 21.8 Å². The van der Waals surface area contributed by atoms with Crippen molar-refractivity contribution in [3.63, 3.8) is 0 Å². The van der Waals surface area contributed by atoms with Gasteiger partial charge in [-0.25, -0.2) is 9.78 Å². The third-order valence-electron chi connectivity index (χ3n) is 1.89. The summed E-state index contributed by atoms with van der Waals surface area (Å²) in [6, 6.07) is -0.451. The first-order chi connectivity index (χ1) is 8.38. The highest BCUT2D eigenvalue weighted by molar-refractivity contribution is 9.11. The molecule has 0 spiro atoms. The van der Waals surface area contributed by atoms with Crippen molar-refractivity contribution in [3.8, 4) is 0 Å². The predicted molar refractivity (Wildman–Crippen MR) is 72.9 cm³/mol. The number of aromatic nitrogens is 1. The lowest BCUT2D eigenvalue weighted by Crippen LogP contribution is -2.40. The van der Waals surface area contributed by atoms with Crippen molar-refractivity contribution in [1.29, 1.82) is 0 Å². The molecule has 18 heavy (non-hydrogen) atoms. The van der Waals surface area contributed by atoms with Crippen LogP contribution >= 0.6 is 27.3 Å². The number of amides is 2. The fourth-order valence-corrected chi connectivity index (χ4v) is 2.40. The first kappa shape index (κ1) is 14.9. The van der Waals surface area contributed by atoms with E-state index in [0.717, 1.165) is 3.79 Å². The zero-order chi connectivity index (χ0) is 13.7. The van der Waals surface area contributed by atoms with Gasteiger partial charge in [-0.15, -0.1) is 0 Å². The summed E-state index contributed by atoms with van der Waals surface area (Å²) in [6.45, 7) is 3.89. The molecule has 1 rings (SSSR count). The van der Waals surface area contributed by atoms with Crippen LogP contribution in [-0.4, -0.2) is 40.1 Å². The molecule has 0 fully saturated rings. The minimum absolute atomic E-state index is 0.193. The standard InChI is InChI=1S/C10H14BrN3O3S/c1-6(2)4-14(5-8(15)16)10(17)13-9-12-3-7(11)18-9/h3,6H,4-5H2,1-2H3,(H,15,16)(H,12,13,17). The molecule has 8 heteroatoms. The topological polar surface area (TPSA) is 82.5 Å². The number of hydrogen-bond acceptors (Lipinski definition) is 4. The van der Waals surface area contributed by atoms with Gasteiger partial charge in [-0.1, -0.05) is 25.2 Å². The number of carbonyl (C=O) groups is 2. The summed E-state index contributed by atoms with van der Waals surface area (Å²) in [7, 11) is 0. The molecular weight excluding hydrogens is 322 g/mol. The van der Waals surface area contributed by atoms with Crippen molar-refractivity contribution in [3.05, 3.63) is 9.98 Å². The average Bonchev–Trinajstić information content (AvgIpc) is 2.61. The number of carboxylic acids is 1. The SMILES string of the molecule is CC(C)CN(CC(=O)O)C(=O)Nc1ncc(Br)s1. The molecule has 2 N–H and O–H groups in total. The molecule has 0 saturated heterocycles. The van der Waals surface area contributed by atoms with Gasteiger partial charge in [-0.2, -0.15) is 0 Å². The highest BCUT2D eigenvalue weighted by Crippen LogP contribution is 2.23. The fraction of sp³-hybridized carbons (Fsp3) is 0.500. The minimum atomic E-state index is -1.04. The van der Waals surface area contributed by atoms with Crippen LogP contribution in [0.25, 0.3) is 0 Å². The average molecular weight is 336 g/mol. The predicted octanol–water partition coefficient (Wildman–Crippen LogP) is 2.48. The molecule has 0 saturated carbocycles. The van der Waals surface area contributed by atoms with Crippen molar-refractivity contribution < 1.29 is 14.7 Å². The third kappa shape index (κ3) is 5.01. The highest BCUT2D eigenvalue weighted by atomic mass is 79.9. The van der Waals surface area contributed by atoms with Gasteiger partial charge >= 0.3 is 12.0 Å². The molecule has 1 aromatic heterocycles. The van der Waals surface area contributed by atoms with Gasteiger partial charge in [0, 0.05) is 6.54 Å². The number of urea groups is 1. The van der Waals surface area contributed by atoms with Gasteiger partial charge in [0.05, 0.1) is 9.98 Å². The van der Waals surface area contributed by atoms with Crippen LogP contribution in [0.5, 0.6) is 0 Å². The Kier molecular flexibility index (Phi) is 5.54. The molecular formula is C10H14BrN3O3S. The van der Waals surface area contributed by atoms with Crippen molar-refractivity contribution >= 4 is 44.4 Å². The summed E-state index contributed by atoms with van der Waals surface area (Å²) in [4.78, 5) is 27.8. The van der Waals surface area contributed by atoms with E-state index >= 15 is 0 Å². The number of halogens is 1. The Balaban J connectivity index is 2.66. The number of anilines is 1. The molecule has 1 aromatic rings. The Morgan fingerprint density at radius 1 is 1.61 bits per heavy atom. The molecule has 0 aliphatic rings. The van der Waals surface area contributed by atoms with Crippen LogP contribution in [-0.2, 0) is 4.79 Å². The molecule has 0 aromatic carbocycles. The molecule has 100 valence electrons. The summed E-state index contributed by atoms with van der Waals surface area (Å²) in [5.74, 6) is -0.843. The van der Waals surface area contributed by atoms with Crippen LogP contribution in [0.4, 0.5) is 9.93 Å². The van der Waals surface area contributed by atoms with Gasteiger partial charge in [-0.3, -0.25) is 10.1 Å². The van der Waals surface area contributed by atoms with E-state index in [1.807, 2.05) is 13.8 Å². The fourth-order valence-electron chi connectivity index (χ4n) is 1.31. The second kappa shape index (κ2) is 6.69. The summed E-state index contributed by atoms with van der Waals surface area (Å²) in [5, 5.41) is 11.8. The quantitative estimate of drug-likeness (QED) is 0.865. The van der Waals surface area contributed by atoms with Gasteiger partial charge < -0.3 is 10.0 Å². The van der Waals surface area contributed by atoms with E-state index in [4.69, 9.17) is 5.11 Å². The van der Waals surface area contributed by atoms with E-state index < -0.39 is 12.0 Å². The van der Waals surface area contributed by atoms with E-state index in [0.29, 0.717) is 11.7 Å². The molecule has 0 bridgehead atoms. The van der Waals surface area contributed by atoms with Crippen LogP contribution < -0.4 is 5.32 Å². The number of thiazole rings is 1. The molecule has 6 nitrogen and oxygen atoms in total. The van der Waals surface area contributed by atoms with E-state index in [-0.39, 0.29) is 12.5 Å². The number of carbonyl (C=O) groups excluding carboxylic acids is 1. The van der Waals surface area contributed by atoms with Crippen molar-refractivity contribution in [2.75, 3.05) is 18.4 Å². The summed E-state index contributed by atoms with van der Waals surface area (Å²) in [6.07, 6.45) is 1.57. The lowest BCUT2D eigenvalue weighted by molar-refractivity contribution is -0.137. The Bertz CT molecular complexity index is 436. The van der Waals surface area contributed by atoms with Crippen molar-refractivity contribution in [2.24, 2.45) is 5.92 Å². The van der Waals surface area contributed by atoms with Gasteiger partial charge in [0.25, 0.3) is 0 Å². The maximum atomic E-state index is 11.9. The molecule has 0 radical (unpaired) electrons. The summed E-state index contributed by atoms with van der Waals surface area (Å²) in [5.41, 5.74) is 0. The van der Waals surface area contributed by atoms with Crippen molar-refractivity contribution in [1.82, 2.24) is 9.88 Å². The Morgan fingerprint density at radius 2 is 2.28 bits per heavy atom. The van der Waals surface area contributed by atoms with E-state index in [2.05, 4.69) is 26.2 Å². The molecule has 1 heterocycles. The van der Waals surface area contributed by atoms with Crippen LogP contribution in [0.1, 0.15) is 13.8 Å². The zero-order valence-corrected chi connectivity index (χ0v) is 12.4. The normalized spacial score (nSPS) is 10.4. The minimum Gasteiger partial charge on any atom is -0.480 e. The molecule has 0 atom stereocenters.